The van der Waals surface area contributed by atoms with Crippen LogP contribution in [0.4, 0.5) is 0 Å². The molecule has 2 aromatic heterocycles. The van der Waals surface area contributed by atoms with Gasteiger partial charge < -0.3 is 4.98 Å². The third kappa shape index (κ3) is 2.91. The summed E-state index contributed by atoms with van der Waals surface area (Å²) in [7, 11) is 0. The van der Waals surface area contributed by atoms with Gasteiger partial charge in [0, 0.05) is 39.5 Å². The van der Waals surface area contributed by atoms with Gasteiger partial charge >= 0.3 is 0 Å². The molecule has 4 aromatic rings. The maximum absolute atomic E-state index is 6.10. The molecule has 2 aromatic carbocycles. The first-order chi connectivity index (χ1) is 12.8. The van der Waals surface area contributed by atoms with Crippen LogP contribution in [0.2, 0.25) is 5.02 Å². The highest BCUT2D eigenvalue weighted by molar-refractivity contribution is 7.98. The van der Waals surface area contributed by atoms with Crippen LogP contribution in [0.3, 0.4) is 0 Å². The fraction of sp³-hybridized carbons (Fsp3) is 0.200. The Morgan fingerprint density at radius 1 is 1.12 bits per heavy atom. The molecule has 0 bridgehead atoms. The molecule has 1 N–H and O–H groups in total. The Labute approximate surface area is 160 Å². The first-order valence-corrected chi connectivity index (χ1v) is 10.0. The Bertz CT molecular complexity index is 1080. The summed E-state index contributed by atoms with van der Waals surface area (Å²) in [6.45, 7) is 0. The zero-order valence-corrected chi connectivity index (χ0v) is 15.6. The van der Waals surface area contributed by atoms with Crippen molar-refractivity contribution in [2.75, 3.05) is 0 Å². The minimum Gasteiger partial charge on any atom is -0.360 e. The molecule has 0 spiro atoms. The maximum atomic E-state index is 6.10. The molecular formula is C20H17ClN4S. The van der Waals surface area contributed by atoms with E-state index < -0.39 is 0 Å². The number of thioether (sulfide) groups is 1. The van der Waals surface area contributed by atoms with Crippen molar-refractivity contribution in [2.45, 2.75) is 29.8 Å². The van der Waals surface area contributed by atoms with Gasteiger partial charge in [0.25, 0.3) is 0 Å². The number of aromatic amines is 1. The highest BCUT2D eigenvalue weighted by Crippen LogP contribution is 2.42. The standard InChI is InChI=1S/C20H17ClN4S/c21-14-5-3-4-13(10-14)12-26-20-24-23-19(25(20)15-8-9-15)17-11-22-18-7-2-1-6-16(17)18/h1-7,10-11,15,22H,8-9,12H2. The second-order valence-corrected chi connectivity index (χ2v) is 7.95. The van der Waals surface area contributed by atoms with Gasteiger partial charge in [0.05, 0.1) is 0 Å². The number of halogens is 1. The smallest absolute Gasteiger partial charge is 0.192 e. The first kappa shape index (κ1) is 16.0. The van der Waals surface area contributed by atoms with E-state index in [1.165, 1.54) is 23.8 Å². The van der Waals surface area contributed by atoms with Crippen LogP contribution in [0.5, 0.6) is 0 Å². The molecule has 6 heteroatoms. The fourth-order valence-electron chi connectivity index (χ4n) is 3.25. The highest BCUT2D eigenvalue weighted by atomic mass is 35.5. The third-order valence-electron chi connectivity index (χ3n) is 4.66. The molecule has 1 aliphatic rings. The van der Waals surface area contributed by atoms with Crippen molar-refractivity contribution in [1.82, 2.24) is 19.7 Å². The van der Waals surface area contributed by atoms with Gasteiger partial charge in [-0.3, -0.25) is 4.57 Å². The van der Waals surface area contributed by atoms with E-state index >= 15 is 0 Å². The van der Waals surface area contributed by atoms with Crippen molar-refractivity contribution in [3.8, 4) is 11.4 Å². The average molecular weight is 381 g/mol. The van der Waals surface area contributed by atoms with E-state index in [9.17, 15) is 0 Å². The summed E-state index contributed by atoms with van der Waals surface area (Å²) in [6, 6.07) is 16.8. The molecule has 0 atom stereocenters. The molecule has 2 heterocycles. The number of hydrogen-bond acceptors (Lipinski definition) is 3. The molecule has 0 radical (unpaired) electrons. The summed E-state index contributed by atoms with van der Waals surface area (Å²) >= 11 is 7.82. The number of benzene rings is 2. The van der Waals surface area contributed by atoms with Crippen molar-refractivity contribution in [1.29, 1.82) is 0 Å². The second kappa shape index (κ2) is 6.49. The van der Waals surface area contributed by atoms with E-state index in [4.69, 9.17) is 11.6 Å². The first-order valence-electron chi connectivity index (χ1n) is 8.68. The van der Waals surface area contributed by atoms with Crippen molar-refractivity contribution in [3.63, 3.8) is 0 Å². The van der Waals surface area contributed by atoms with Crippen molar-refractivity contribution >= 4 is 34.3 Å². The van der Waals surface area contributed by atoms with Gasteiger partial charge in [-0.1, -0.05) is 53.7 Å². The number of aromatic nitrogens is 4. The molecule has 4 nitrogen and oxygen atoms in total. The molecule has 1 aliphatic carbocycles. The second-order valence-electron chi connectivity index (χ2n) is 6.57. The largest absolute Gasteiger partial charge is 0.360 e. The molecule has 0 saturated heterocycles. The van der Waals surface area contributed by atoms with Crippen molar-refractivity contribution < 1.29 is 0 Å². The van der Waals surface area contributed by atoms with Crippen molar-refractivity contribution in [3.05, 3.63) is 65.3 Å². The monoisotopic (exact) mass is 380 g/mol. The SMILES string of the molecule is Clc1cccc(CSc2nnc(-c3c[nH]c4ccccc34)n2C2CC2)c1. The topological polar surface area (TPSA) is 46.5 Å². The van der Waals surface area contributed by atoms with E-state index in [1.807, 2.05) is 30.5 Å². The van der Waals surface area contributed by atoms with Gasteiger partial charge in [0.1, 0.15) is 0 Å². The summed E-state index contributed by atoms with van der Waals surface area (Å²) in [5.74, 6) is 1.79. The molecule has 5 rings (SSSR count). The lowest BCUT2D eigenvalue weighted by atomic mass is 10.1. The molecule has 1 fully saturated rings. The molecule has 0 amide bonds. The lowest BCUT2D eigenvalue weighted by molar-refractivity contribution is 0.669. The number of nitrogens with zero attached hydrogens (tertiary/aromatic N) is 3. The average Bonchev–Trinajstić information content (AvgIpc) is 3.26. The number of rotatable bonds is 5. The lowest BCUT2D eigenvalue weighted by Gasteiger charge is -2.08. The van der Waals surface area contributed by atoms with E-state index in [0.29, 0.717) is 6.04 Å². The minimum absolute atomic E-state index is 0.510. The van der Waals surface area contributed by atoms with E-state index in [0.717, 1.165) is 32.8 Å². The number of nitrogens with one attached hydrogen (secondary N) is 1. The summed E-state index contributed by atoms with van der Waals surface area (Å²) in [5.41, 5.74) is 3.44. The van der Waals surface area contributed by atoms with Gasteiger partial charge in [0.2, 0.25) is 0 Å². The van der Waals surface area contributed by atoms with Crippen LogP contribution in [0.25, 0.3) is 22.3 Å². The zero-order valence-electron chi connectivity index (χ0n) is 14.0. The normalized spacial score (nSPS) is 14.2. The molecular weight excluding hydrogens is 364 g/mol. The lowest BCUT2D eigenvalue weighted by Crippen LogP contribution is -1.99. The van der Waals surface area contributed by atoms with E-state index in [1.54, 1.807) is 11.8 Å². The number of fused-ring (bicyclic) bond motifs is 1. The molecule has 0 aliphatic heterocycles. The Morgan fingerprint density at radius 2 is 2.00 bits per heavy atom. The van der Waals surface area contributed by atoms with Crippen LogP contribution < -0.4 is 0 Å². The van der Waals surface area contributed by atoms with Gasteiger partial charge in [-0.25, -0.2) is 0 Å². The van der Waals surface area contributed by atoms with Crippen LogP contribution in [0.1, 0.15) is 24.4 Å². The number of hydrogen-bond donors (Lipinski definition) is 1. The fourth-order valence-corrected chi connectivity index (χ4v) is 4.41. The Balaban J connectivity index is 1.50. The van der Waals surface area contributed by atoms with Gasteiger partial charge in [0.15, 0.2) is 11.0 Å². The van der Waals surface area contributed by atoms with Gasteiger partial charge in [-0.2, -0.15) is 0 Å². The zero-order chi connectivity index (χ0) is 17.5. The molecule has 0 unspecified atom stereocenters. The quantitative estimate of drug-likeness (QED) is 0.451. The van der Waals surface area contributed by atoms with Crippen LogP contribution in [-0.4, -0.2) is 19.7 Å². The van der Waals surface area contributed by atoms with Crippen LogP contribution >= 0.6 is 23.4 Å². The van der Waals surface area contributed by atoms with Gasteiger partial charge in [-0.05, 0) is 36.6 Å². The molecule has 26 heavy (non-hydrogen) atoms. The van der Waals surface area contributed by atoms with E-state index in [-0.39, 0.29) is 0 Å². The Morgan fingerprint density at radius 3 is 2.85 bits per heavy atom. The van der Waals surface area contributed by atoms with Crippen molar-refractivity contribution in [2.24, 2.45) is 0 Å². The highest BCUT2D eigenvalue weighted by Gasteiger charge is 2.30. The third-order valence-corrected chi connectivity index (χ3v) is 5.91. The predicted molar refractivity (Wildman–Crippen MR) is 107 cm³/mol. The minimum atomic E-state index is 0.510. The molecule has 130 valence electrons. The summed E-state index contributed by atoms with van der Waals surface area (Å²) < 4.78 is 2.31. The van der Waals surface area contributed by atoms with Crippen LogP contribution in [0, 0.1) is 0 Å². The Kier molecular flexibility index (Phi) is 3.98. The van der Waals surface area contributed by atoms with Gasteiger partial charge in [-0.15, -0.1) is 10.2 Å². The summed E-state index contributed by atoms with van der Waals surface area (Å²) in [4.78, 5) is 3.34. The summed E-state index contributed by atoms with van der Waals surface area (Å²) in [6.07, 6.45) is 4.43. The van der Waals surface area contributed by atoms with E-state index in [2.05, 4.69) is 44.0 Å². The Hall–Kier alpha value is -2.24. The predicted octanol–water partition coefficient (Wildman–Crippen LogP) is 5.71. The molecule has 1 saturated carbocycles. The van der Waals surface area contributed by atoms with Crippen LogP contribution in [-0.2, 0) is 5.75 Å². The number of H-pyrrole nitrogens is 1. The van der Waals surface area contributed by atoms with Crippen LogP contribution in [0.15, 0.2) is 59.9 Å². The maximum Gasteiger partial charge on any atom is 0.192 e. The summed E-state index contributed by atoms with van der Waals surface area (Å²) in [5, 5.41) is 12.0. The number of para-hydroxylation sites is 1.